The zero-order chi connectivity index (χ0) is 18.3. The van der Waals surface area contributed by atoms with Crippen LogP contribution in [0.2, 0.25) is 0 Å². The predicted octanol–water partition coefficient (Wildman–Crippen LogP) is 1.66. The number of carboxylic acid groups (broad SMARTS) is 1. The van der Waals surface area contributed by atoms with Gasteiger partial charge >= 0.3 is 5.97 Å². The van der Waals surface area contributed by atoms with Crippen LogP contribution in [0.5, 0.6) is 0 Å². The maximum Gasteiger partial charge on any atom is 0.326 e. The van der Waals surface area contributed by atoms with Crippen molar-refractivity contribution < 1.29 is 19.5 Å². The molecule has 0 spiro atoms. The molecular weight excluding hydrogens is 308 g/mol. The fourth-order valence-electron chi connectivity index (χ4n) is 2.50. The molecule has 6 nitrogen and oxygen atoms in total. The third-order valence-electron chi connectivity index (χ3n) is 3.54. The molecule has 24 heavy (non-hydrogen) atoms. The van der Waals surface area contributed by atoms with Crippen LogP contribution in [0.1, 0.15) is 38.3 Å². The maximum atomic E-state index is 12.4. The summed E-state index contributed by atoms with van der Waals surface area (Å²) in [7, 11) is 0. The van der Waals surface area contributed by atoms with Crippen LogP contribution in [0, 0.1) is 12.8 Å². The van der Waals surface area contributed by atoms with Crippen molar-refractivity contribution in [1.82, 2.24) is 10.6 Å². The van der Waals surface area contributed by atoms with Crippen molar-refractivity contribution in [1.29, 1.82) is 0 Å². The average Bonchev–Trinajstić information content (AvgIpc) is 2.44. The second-order valence-electron chi connectivity index (χ2n) is 6.48. The largest absolute Gasteiger partial charge is 0.480 e. The van der Waals surface area contributed by atoms with Crippen molar-refractivity contribution in [2.75, 3.05) is 0 Å². The first-order valence-electron chi connectivity index (χ1n) is 8.05. The molecule has 132 valence electrons. The van der Waals surface area contributed by atoms with Crippen LogP contribution in [0.25, 0.3) is 0 Å². The zero-order valence-corrected chi connectivity index (χ0v) is 14.6. The third kappa shape index (κ3) is 6.81. The maximum absolute atomic E-state index is 12.4. The lowest BCUT2D eigenvalue weighted by atomic mass is 10.0. The summed E-state index contributed by atoms with van der Waals surface area (Å²) in [5, 5.41) is 14.5. The van der Waals surface area contributed by atoms with E-state index in [0.29, 0.717) is 6.42 Å². The third-order valence-corrected chi connectivity index (χ3v) is 3.54. The van der Waals surface area contributed by atoms with Gasteiger partial charge in [0.2, 0.25) is 11.8 Å². The van der Waals surface area contributed by atoms with Gasteiger partial charge in [-0.05, 0) is 24.8 Å². The molecule has 2 atom stereocenters. The van der Waals surface area contributed by atoms with E-state index in [1.54, 1.807) is 0 Å². The van der Waals surface area contributed by atoms with Gasteiger partial charge in [0, 0.05) is 13.3 Å². The van der Waals surface area contributed by atoms with E-state index in [0.717, 1.165) is 11.1 Å². The molecule has 6 heteroatoms. The number of hydrogen-bond donors (Lipinski definition) is 3. The molecule has 1 rings (SSSR count). The first kappa shape index (κ1) is 19.7. The standard InChI is InChI=1S/C18H26N2O4/c1-11(2)8-15(19-13(4)21)17(22)20-16(18(23)24)10-14-7-5-6-12(3)9-14/h5-7,9,11,15-16H,8,10H2,1-4H3,(H,19,21)(H,20,22)(H,23,24)/t15-,16+/m0/s1. The molecule has 3 N–H and O–H groups in total. The van der Waals surface area contributed by atoms with E-state index >= 15 is 0 Å². The number of rotatable bonds is 8. The molecule has 1 aromatic rings. The van der Waals surface area contributed by atoms with Gasteiger partial charge in [-0.3, -0.25) is 9.59 Å². The van der Waals surface area contributed by atoms with Gasteiger partial charge in [0.1, 0.15) is 12.1 Å². The molecule has 2 amide bonds. The van der Waals surface area contributed by atoms with Crippen LogP contribution < -0.4 is 10.6 Å². The van der Waals surface area contributed by atoms with E-state index in [9.17, 15) is 19.5 Å². The summed E-state index contributed by atoms with van der Waals surface area (Å²) in [4.78, 5) is 35.2. The van der Waals surface area contributed by atoms with Crippen molar-refractivity contribution in [3.05, 3.63) is 35.4 Å². The van der Waals surface area contributed by atoms with E-state index in [-0.39, 0.29) is 18.2 Å². The summed E-state index contributed by atoms with van der Waals surface area (Å²) in [6.45, 7) is 7.13. The van der Waals surface area contributed by atoms with Crippen LogP contribution in [-0.4, -0.2) is 35.0 Å². The summed E-state index contributed by atoms with van der Waals surface area (Å²) in [6.07, 6.45) is 0.638. The molecule has 0 unspecified atom stereocenters. The van der Waals surface area contributed by atoms with Crippen molar-refractivity contribution in [3.63, 3.8) is 0 Å². The molecule has 0 aromatic heterocycles. The molecule has 1 aromatic carbocycles. The van der Waals surface area contributed by atoms with Crippen LogP contribution >= 0.6 is 0 Å². The Morgan fingerprint density at radius 1 is 1.12 bits per heavy atom. The zero-order valence-electron chi connectivity index (χ0n) is 14.6. The Labute approximate surface area is 142 Å². The number of hydrogen-bond acceptors (Lipinski definition) is 3. The molecule has 0 aliphatic heterocycles. The van der Waals surface area contributed by atoms with E-state index in [1.807, 2.05) is 45.0 Å². The van der Waals surface area contributed by atoms with Gasteiger partial charge in [0.15, 0.2) is 0 Å². The number of carboxylic acids is 1. The molecule has 0 saturated carbocycles. The smallest absolute Gasteiger partial charge is 0.326 e. The van der Waals surface area contributed by atoms with E-state index in [2.05, 4.69) is 10.6 Å². The Balaban J connectivity index is 2.83. The van der Waals surface area contributed by atoms with Gasteiger partial charge in [-0.15, -0.1) is 0 Å². The van der Waals surface area contributed by atoms with Gasteiger partial charge < -0.3 is 15.7 Å². The van der Waals surface area contributed by atoms with Crippen LogP contribution in [0.3, 0.4) is 0 Å². The minimum absolute atomic E-state index is 0.188. The second kappa shape index (κ2) is 9.05. The van der Waals surface area contributed by atoms with Crippen molar-refractivity contribution in [2.45, 2.75) is 52.6 Å². The van der Waals surface area contributed by atoms with E-state index < -0.39 is 24.0 Å². The lowest BCUT2D eigenvalue weighted by Gasteiger charge is -2.22. The van der Waals surface area contributed by atoms with Crippen molar-refractivity contribution >= 4 is 17.8 Å². The minimum atomic E-state index is -1.10. The molecule has 0 aliphatic carbocycles. The number of amides is 2. The first-order valence-corrected chi connectivity index (χ1v) is 8.05. The molecule has 0 heterocycles. The molecule has 0 saturated heterocycles. The Bertz CT molecular complexity index is 598. The Morgan fingerprint density at radius 2 is 1.79 bits per heavy atom. The highest BCUT2D eigenvalue weighted by atomic mass is 16.4. The summed E-state index contributed by atoms with van der Waals surface area (Å²) in [5.74, 6) is -1.70. The number of nitrogens with one attached hydrogen (secondary N) is 2. The van der Waals surface area contributed by atoms with E-state index in [1.165, 1.54) is 6.92 Å². The van der Waals surface area contributed by atoms with E-state index in [4.69, 9.17) is 0 Å². The summed E-state index contributed by atoms with van der Waals surface area (Å²) in [5.41, 5.74) is 1.86. The van der Waals surface area contributed by atoms with Crippen LogP contribution in [0.4, 0.5) is 0 Å². The highest BCUT2D eigenvalue weighted by Gasteiger charge is 2.26. The number of aryl methyl sites for hydroxylation is 1. The predicted molar refractivity (Wildman–Crippen MR) is 91.5 cm³/mol. The highest BCUT2D eigenvalue weighted by Crippen LogP contribution is 2.09. The summed E-state index contributed by atoms with van der Waals surface area (Å²) in [6, 6.07) is 5.72. The Morgan fingerprint density at radius 3 is 2.29 bits per heavy atom. The van der Waals surface area contributed by atoms with Gasteiger partial charge in [0.05, 0.1) is 0 Å². The number of benzene rings is 1. The lowest BCUT2D eigenvalue weighted by molar-refractivity contribution is -0.142. The Hall–Kier alpha value is -2.37. The average molecular weight is 334 g/mol. The van der Waals surface area contributed by atoms with Crippen molar-refractivity contribution in [3.8, 4) is 0 Å². The fraction of sp³-hybridized carbons (Fsp3) is 0.500. The molecule has 0 fully saturated rings. The second-order valence-corrected chi connectivity index (χ2v) is 6.48. The number of carbonyl (C=O) groups excluding carboxylic acids is 2. The van der Waals surface area contributed by atoms with Crippen LogP contribution in [-0.2, 0) is 20.8 Å². The minimum Gasteiger partial charge on any atom is -0.480 e. The summed E-state index contributed by atoms with van der Waals surface area (Å²) < 4.78 is 0. The summed E-state index contributed by atoms with van der Waals surface area (Å²) >= 11 is 0. The van der Waals surface area contributed by atoms with Gasteiger partial charge in [-0.2, -0.15) is 0 Å². The lowest BCUT2D eigenvalue weighted by Crippen LogP contribution is -2.52. The Kier molecular flexibility index (Phi) is 7.42. The molecular formula is C18H26N2O4. The molecule has 0 radical (unpaired) electrons. The monoisotopic (exact) mass is 334 g/mol. The highest BCUT2D eigenvalue weighted by molar-refractivity contribution is 5.90. The normalized spacial score (nSPS) is 13.2. The fourth-order valence-corrected chi connectivity index (χ4v) is 2.50. The quantitative estimate of drug-likeness (QED) is 0.674. The molecule has 0 bridgehead atoms. The van der Waals surface area contributed by atoms with Gasteiger partial charge in [-0.25, -0.2) is 4.79 Å². The van der Waals surface area contributed by atoms with Crippen LogP contribution in [0.15, 0.2) is 24.3 Å². The van der Waals surface area contributed by atoms with Crippen molar-refractivity contribution in [2.24, 2.45) is 5.92 Å². The van der Waals surface area contributed by atoms with Gasteiger partial charge in [-0.1, -0.05) is 43.7 Å². The SMILES string of the molecule is CC(=O)N[C@@H](CC(C)C)C(=O)N[C@H](Cc1cccc(C)c1)C(=O)O. The number of carbonyl (C=O) groups is 3. The number of aliphatic carboxylic acids is 1. The molecule has 0 aliphatic rings. The first-order chi connectivity index (χ1) is 11.2. The van der Waals surface area contributed by atoms with Gasteiger partial charge in [0.25, 0.3) is 0 Å². The topological polar surface area (TPSA) is 95.5 Å².